The standard InChI is InChI=1S/C6H7N5O2/c7-6-3(2-12)4(13)1-5(9-6)10-11-8/h1,3,12H,2H2,(H2,7,9). The van der Waals surface area contributed by atoms with Gasteiger partial charge >= 0.3 is 0 Å². The van der Waals surface area contributed by atoms with Crippen molar-refractivity contribution in [3.8, 4) is 0 Å². The van der Waals surface area contributed by atoms with E-state index in [1.807, 2.05) is 0 Å². The number of amidine groups is 1. The molecule has 7 heteroatoms. The van der Waals surface area contributed by atoms with Gasteiger partial charge in [0.25, 0.3) is 0 Å². The molecule has 0 saturated carbocycles. The van der Waals surface area contributed by atoms with Crippen molar-refractivity contribution in [2.75, 3.05) is 6.61 Å². The number of hydrogen-bond donors (Lipinski definition) is 2. The minimum Gasteiger partial charge on any atom is -0.395 e. The third-order valence-electron chi connectivity index (χ3n) is 1.55. The Morgan fingerprint density at radius 3 is 3.00 bits per heavy atom. The molecule has 0 aliphatic carbocycles. The molecule has 0 radical (unpaired) electrons. The Morgan fingerprint density at radius 1 is 1.85 bits per heavy atom. The molecule has 0 amide bonds. The quantitative estimate of drug-likeness (QED) is 0.344. The number of nitrogens with two attached hydrogens (primary N) is 1. The van der Waals surface area contributed by atoms with Gasteiger partial charge in [-0.25, -0.2) is 4.99 Å². The molecule has 0 bridgehead atoms. The highest BCUT2D eigenvalue weighted by Gasteiger charge is 2.23. The Hall–Kier alpha value is -1.85. The first-order chi connectivity index (χ1) is 6.19. The van der Waals surface area contributed by atoms with E-state index in [-0.39, 0.29) is 11.7 Å². The predicted molar refractivity (Wildman–Crippen MR) is 44.4 cm³/mol. The van der Waals surface area contributed by atoms with Gasteiger partial charge in [-0.05, 0) is 10.6 Å². The van der Waals surface area contributed by atoms with Gasteiger partial charge in [0, 0.05) is 11.0 Å². The minimum atomic E-state index is -0.808. The lowest BCUT2D eigenvalue weighted by Crippen LogP contribution is -2.34. The maximum absolute atomic E-state index is 11.1. The van der Waals surface area contributed by atoms with Crippen molar-refractivity contribution in [1.82, 2.24) is 0 Å². The van der Waals surface area contributed by atoms with Crippen LogP contribution < -0.4 is 5.73 Å². The fourth-order valence-electron chi connectivity index (χ4n) is 0.897. The molecule has 0 spiro atoms. The molecule has 1 rings (SSSR count). The number of aliphatic hydroxyl groups excluding tert-OH is 1. The molecule has 1 unspecified atom stereocenters. The second-order valence-electron chi connectivity index (χ2n) is 2.37. The molecular weight excluding hydrogens is 174 g/mol. The summed E-state index contributed by atoms with van der Waals surface area (Å²) >= 11 is 0. The third-order valence-corrected chi connectivity index (χ3v) is 1.55. The number of ketones is 1. The summed E-state index contributed by atoms with van der Waals surface area (Å²) in [6.07, 6.45) is 1.05. The zero-order valence-electron chi connectivity index (χ0n) is 6.58. The molecule has 1 aliphatic rings. The molecule has 0 aromatic heterocycles. The SMILES string of the molecule is [N-]=[N+]=NC1=CC(=O)C(CO)C(N)=N1. The number of hydrogen-bond acceptors (Lipinski definition) is 5. The van der Waals surface area contributed by atoms with Crippen molar-refractivity contribution in [2.45, 2.75) is 0 Å². The first kappa shape index (κ1) is 9.24. The highest BCUT2D eigenvalue weighted by Crippen LogP contribution is 2.12. The van der Waals surface area contributed by atoms with Crippen molar-refractivity contribution < 1.29 is 9.90 Å². The summed E-state index contributed by atoms with van der Waals surface area (Å²) in [5.41, 5.74) is 13.4. The van der Waals surface area contributed by atoms with Gasteiger partial charge in [-0.15, -0.1) is 0 Å². The van der Waals surface area contributed by atoms with Gasteiger partial charge in [0.15, 0.2) is 5.78 Å². The largest absolute Gasteiger partial charge is 0.395 e. The fraction of sp³-hybridized carbons (Fsp3) is 0.333. The average Bonchev–Trinajstić information content (AvgIpc) is 2.04. The van der Waals surface area contributed by atoms with Crippen LogP contribution in [0.5, 0.6) is 0 Å². The first-order valence-corrected chi connectivity index (χ1v) is 3.44. The van der Waals surface area contributed by atoms with Crippen LogP contribution in [0.4, 0.5) is 0 Å². The van der Waals surface area contributed by atoms with Gasteiger partial charge in [-0.2, -0.15) is 0 Å². The third kappa shape index (κ3) is 1.84. The Bertz CT molecular complexity index is 339. The maximum atomic E-state index is 11.1. The van der Waals surface area contributed by atoms with Crippen LogP contribution in [-0.4, -0.2) is 23.3 Å². The van der Waals surface area contributed by atoms with E-state index in [4.69, 9.17) is 16.4 Å². The molecule has 0 saturated heterocycles. The van der Waals surface area contributed by atoms with Crippen LogP contribution in [0, 0.1) is 5.92 Å². The molecular formula is C6H7N5O2. The highest BCUT2D eigenvalue weighted by atomic mass is 16.3. The summed E-state index contributed by atoms with van der Waals surface area (Å²) in [5, 5.41) is 11.9. The minimum absolute atomic E-state index is 0.0302. The number of allylic oxidation sites excluding steroid dienone is 1. The Kier molecular flexibility index (Phi) is 2.63. The van der Waals surface area contributed by atoms with E-state index in [2.05, 4.69) is 15.0 Å². The number of azide groups is 1. The zero-order chi connectivity index (χ0) is 9.84. The molecule has 1 aliphatic heterocycles. The lowest BCUT2D eigenvalue weighted by molar-refractivity contribution is -0.117. The lowest BCUT2D eigenvalue weighted by Gasteiger charge is -2.14. The van der Waals surface area contributed by atoms with Crippen molar-refractivity contribution in [1.29, 1.82) is 0 Å². The second-order valence-corrected chi connectivity index (χ2v) is 2.37. The predicted octanol–water partition coefficient (Wildman–Crippen LogP) is -0.314. The van der Waals surface area contributed by atoms with Crippen LogP contribution in [0.1, 0.15) is 0 Å². The molecule has 0 aromatic carbocycles. The molecule has 1 heterocycles. The Morgan fingerprint density at radius 2 is 2.54 bits per heavy atom. The van der Waals surface area contributed by atoms with Gasteiger partial charge < -0.3 is 10.8 Å². The van der Waals surface area contributed by atoms with Crippen LogP contribution >= 0.6 is 0 Å². The molecule has 13 heavy (non-hydrogen) atoms. The van der Waals surface area contributed by atoms with Gasteiger partial charge in [-0.1, -0.05) is 0 Å². The van der Waals surface area contributed by atoms with Gasteiger partial charge in [-0.3, -0.25) is 4.79 Å². The fourth-order valence-corrected chi connectivity index (χ4v) is 0.897. The number of aliphatic imine (C=N–C) groups is 1. The summed E-state index contributed by atoms with van der Waals surface area (Å²) in [4.78, 5) is 17.2. The van der Waals surface area contributed by atoms with Gasteiger partial charge in [0.05, 0.1) is 6.61 Å². The van der Waals surface area contributed by atoms with Crippen LogP contribution in [0.15, 0.2) is 22.0 Å². The number of rotatable bonds is 2. The van der Waals surface area contributed by atoms with E-state index in [1.165, 1.54) is 0 Å². The van der Waals surface area contributed by atoms with Gasteiger partial charge in [0.1, 0.15) is 17.6 Å². The number of nitrogens with zero attached hydrogens (tertiary/aromatic N) is 4. The van der Waals surface area contributed by atoms with E-state index >= 15 is 0 Å². The van der Waals surface area contributed by atoms with E-state index in [0.717, 1.165) is 6.08 Å². The molecule has 0 fully saturated rings. The van der Waals surface area contributed by atoms with E-state index in [0.29, 0.717) is 0 Å². The molecule has 1 atom stereocenters. The van der Waals surface area contributed by atoms with Crippen LogP contribution in [-0.2, 0) is 4.79 Å². The Balaban J connectivity index is 2.99. The summed E-state index contributed by atoms with van der Waals surface area (Å²) in [7, 11) is 0. The van der Waals surface area contributed by atoms with Crippen molar-refractivity contribution in [3.05, 3.63) is 22.3 Å². The second kappa shape index (κ2) is 3.70. The van der Waals surface area contributed by atoms with Crippen LogP contribution in [0.25, 0.3) is 10.4 Å². The summed E-state index contributed by atoms with van der Waals surface area (Å²) in [6, 6.07) is 0. The average molecular weight is 181 g/mol. The molecule has 68 valence electrons. The highest BCUT2D eigenvalue weighted by molar-refractivity contribution is 6.10. The molecule has 3 N–H and O–H groups in total. The Labute approximate surface area is 73.2 Å². The zero-order valence-corrected chi connectivity index (χ0v) is 6.58. The van der Waals surface area contributed by atoms with Crippen LogP contribution in [0.2, 0.25) is 0 Å². The van der Waals surface area contributed by atoms with Crippen molar-refractivity contribution in [3.63, 3.8) is 0 Å². The molecule has 0 aromatic rings. The lowest BCUT2D eigenvalue weighted by atomic mass is 10.0. The van der Waals surface area contributed by atoms with Gasteiger partial charge in [0.2, 0.25) is 0 Å². The summed E-state index contributed by atoms with van der Waals surface area (Å²) < 4.78 is 0. The summed E-state index contributed by atoms with van der Waals surface area (Å²) in [5.74, 6) is -1.32. The number of carbonyl (C=O) groups excluding carboxylic acids is 1. The molecule has 7 nitrogen and oxygen atoms in total. The smallest absolute Gasteiger partial charge is 0.170 e. The van der Waals surface area contributed by atoms with E-state index in [9.17, 15) is 4.79 Å². The van der Waals surface area contributed by atoms with E-state index in [1.54, 1.807) is 0 Å². The summed E-state index contributed by atoms with van der Waals surface area (Å²) in [6.45, 7) is -0.395. The topological polar surface area (TPSA) is 124 Å². The normalized spacial score (nSPS) is 21.6. The first-order valence-electron chi connectivity index (χ1n) is 3.44. The monoisotopic (exact) mass is 181 g/mol. The number of aliphatic hydroxyl groups is 1. The van der Waals surface area contributed by atoms with Crippen molar-refractivity contribution >= 4 is 11.6 Å². The van der Waals surface area contributed by atoms with E-state index < -0.39 is 18.3 Å². The van der Waals surface area contributed by atoms with Crippen molar-refractivity contribution in [2.24, 2.45) is 21.8 Å². The van der Waals surface area contributed by atoms with Crippen LogP contribution in [0.3, 0.4) is 0 Å². The maximum Gasteiger partial charge on any atom is 0.170 e. The number of carbonyl (C=O) groups is 1.